The van der Waals surface area contributed by atoms with E-state index < -0.39 is 10.0 Å². The Labute approximate surface area is 182 Å². The normalized spacial score (nSPS) is 11.4. The SMILES string of the molecule is CNC(=O)c1cc(S(=O)(=O)Nc2ccc(Cl)c(-c3nccc4ccccc34)c2)cs1. The minimum Gasteiger partial charge on any atom is -0.354 e. The molecule has 0 radical (unpaired) electrons. The third-order valence-electron chi connectivity index (χ3n) is 4.48. The summed E-state index contributed by atoms with van der Waals surface area (Å²) in [6.45, 7) is 0. The number of amides is 1. The van der Waals surface area contributed by atoms with Crippen LogP contribution >= 0.6 is 22.9 Å². The predicted molar refractivity (Wildman–Crippen MR) is 121 cm³/mol. The van der Waals surface area contributed by atoms with Gasteiger partial charge in [-0.2, -0.15) is 0 Å². The quantitative estimate of drug-likeness (QED) is 0.451. The average molecular weight is 458 g/mol. The van der Waals surface area contributed by atoms with Crippen LogP contribution in [0.5, 0.6) is 0 Å². The summed E-state index contributed by atoms with van der Waals surface area (Å²) in [5, 5.41) is 6.28. The number of aromatic nitrogens is 1. The van der Waals surface area contributed by atoms with Crippen molar-refractivity contribution < 1.29 is 13.2 Å². The molecule has 2 aromatic carbocycles. The third-order valence-corrected chi connectivity index (χ3v) is 7.25. The second kappa shape index (κ2) is 8.06. The number of carbonyl (C=O) groups excluding carboxylic acids is 1. The highest BCUT2D eigenvalue weighted by Gasteiger charge is 2.19. The van der Waals surface area contributed by atoms with Crippen LogP contribution in [0, 0.1) is 0 Å². The fraction of sp³-hybridized carbons (Fsp3) is 0.0476. The van der Waals surface area contributed by atoms with Crippen molar-refractivity contribution in [1.82, 2.24) is 10.3 Å². The van der Waals surface area contributed by atoms with Crippen LogP contribution < -0.4 is 10.0 Å². The highest BCUT2D eigenvalue weighted by molar-refractivity contribution is 7.92. The largest absolute Gasteiger partial charge is 0.354 e. The van der Waals surface area contributed by atoms with Gasteiger partial charge in [-0.05, 0) is 35.7 Å². The number of hydrogen-bond donors (Lipinski definition) is 2. The molecular weight excluding hydrogens is 442 g/mol. The summed E-state index contributed by atoms with van der Waals surface area (Å²) in [5.41, 5.74) is 1.62. The molecular formula is C21H16ClN3O3S2. The number of nitrogens with zero attached hydrogens (tertiary/aromatic N) is 1. The lowest BCUT2D eigenvalue weighted by Crippen LogP contribution is -2.16. The lowest BCUT2D eigenvalue weighted by molar-refractivity contribution is 0.0967. The molecule has 30 heavy (non-hydrogen) atoms. The van der Waals surface area contributed by atoms with E-state index in [4.69, 9.17) is 11.6 Å². The Balaban J connectivity index is 1.71. The minimum atomic E-state index is -3.87. The maximum absolute atomic E-state index is 12.8. The van der Waals surface area contributed by atoms with Crippen molar-refractivity contribution in [2.24, 2.45) is 0 Å². The molecule has 1 amide bonds. The van der Waals surface area contributed by atoms with E-state index in [1.165, 1.54) is 18.5 Å². The molecule has 0 saturated carbocycles. The zero-order valence-electron chi connectivity index (χ0n) is 15.7. The fourth-order valence-corrected chi connectivity index (χ4v) is 5.50. The van der Waals surface area contributed by atoms with Gasteiger partial charge >= 0.3 is 0 Å². The Kier molecular flexibility index (Phi) is 5.46. The van der Waals surface area contributed by atoms with E-state index >= 15 is 0 Å². The lowest BCUT2D eigenvalue weighted by Gasteiger charge is -2.11. The highest BCUT2D eigenvalue weighted by Crippen LogP contribution is 2.34. The van der Waals surface area contributed by atoms with Gasteiger partial charge in [-0.3, -0.25) is 14.5 Å². The maximum atomic E-state index is 12.8. The summed E-state index contributed by atoms with van der Waals surface area (Å²) < 4.78 is 28.1. The Morgan fingerprint density at radius 2 is 1.90 bits per heavy atom. The first-order chi connectivity index (χ1) is 14.4. The molecule has 0 aliphatic carbocycles. The van der Waals surface area contributed by atoms with Crippen molar-refractivity contribution in [3.63, 3.8) is 0 Å². The molecule has 0 aliphatic rings. The van der Waals surface area contributed by atoms with Crippen LogP contribution in [0.2, 0.25) is 5.02 Å². The number of hydrogen-bond acceptors (Lipinski definition) is 5. The zero-order valence-corrected chi connectivity index (χ0v) is 18.1. The van der Waals surface area contributed by atoms with E-state index in [-0.39, 0.29) is 10.8 Å². The fourth-order valence-electron chi connectivity index (χ4n) is 3.02. The van der Waals surface area contributed by atoms with Crippen molar-refractivity contribution in [1.29, 1.82) is 0 Å². The number of anilines is 1. The van der Waals surface area contributed by atoms with Gasteiger partial charge in [-0.25, -0.2) is 8.42 Å². The first kappa shape index (κ1) is 20.3. The summed E-state index contributed by atoms with van der Waals surface area (Å²) >= 11 is 7.47. The van der Waals surface area contributed by atoms with Crippen LogP contribution in [0.1, 0.15) is 9.67 Å². The summed E-state index contributed by atoms with van der Waals surface area (Å²) in [7, 11) is -2.38. The minimum absolute atomic E-state index is 0.0193. The number of fused-ring (bicyclic) bond motifs is 1. The Morgan fingerprint density at radius 3 is 2.70 bits per heavy atom. The molecule has 0 saturated heterocycles. The predicted octanol–water partition coefficient (Wildman–Crippen LogP) is 4.78. The number of carbonyl (C=O) groups is 1. The molecule has 2 N–H and O–H groups in total. The van der Waals surface area contributed by atoms with Gasteiger partial charge in [0.05, 0.1) is 20.5 Å². The van der Waals surface area contributed by atoms with Crippen molar-refractivity contribution in [2.45, 2.75) is 4.90 Å². The van der Waals surface area contributed by atoms with E-state index in [9.17, 15) is 13.2 Å². The van der Waals surface area contributed by atoms with Crippen LogP contribution in [0.15, 0.2) is 71.1 Å². The molecule has 6 nitrogen and oxygen atoms in total. The first-order valence-electron chi connectivity index (χ1n) is 8.86. The second-order valence-corrected chi connectivity index (χ2v) is 9.41. The van der Waals surface area contributed by atoms with Crippen LogP contribution in [0.4, 0.5) is 5.69 Å². The van der Waals surface area contributed by atoms with E-state index in [2.05, 4.69) is 15.0 Å². The molecule has 0 bridgehead atoms. The number of sulfonamides is 1. The molecule has 9 heteroatoms. The van der Waals surface area contributed by atoms with Gasteiger partial charge in [-0.15, -0.1) is 11.3 Å². The van der Waals surface area contributed by atoms with Gasteiger partial charge in [0.25, 0.3) is 15.9 Å². The zero-order chi connectivity index (χ0) is 21.3. The van der Waals surface area contributed by atoms with E-state index in [0.29, 0.717) is 26.8 Å². The second-order valence-electron chi connectivity index (χ2n) is 6.41. The molecule has 0 aliphatic heterocycles. The average Bonchev–Trinajstić information content (AvgIpc) is 3.25. The van der Waals surface area contributed by atoms with Crippen LogP contribution in [-0.4, -0.2) is 26.4 Å². The van der Waals surface area contributed by atoms with Gasteiger partial charge in [0.2, 0.25) is 0 Å². The first-order valence-corrected chi connectivity index (χ1v) is 11.6. The summed E-state index contributed by atoms with van der Waals surface area (Å²) in [6.07, 6.45) is 1.69. The molecule has 2 aromatic heterocycles. The molecule has 0 fully saturated rings. The Bertz CT molecular complexity index is 1360. The number of pyridine rings is 1. The number of nitrogens with one attached hydrogen (secondary N) is 2. The van der Waals surface area contributed by atoms with Crippen molar-refractivity contribution >= 4 is 55.3 Å². The number of thiophene rings is 1. The van der Waals surface area contributed by atoms with Crippen LogP contribution in [0.3, 0.4) is 0 Å². The van der Waals surface area contributed by atoms with Crippen LogP contribution in [0.25, 0.3) is 22.0 Å². The summed E-state index contributed by atoms with van der Waals surface area (Å²) in [5.74, 6) is -0.336. The van der Waals surface area contributed by atoms with Crippen LogP contribution in [-0.2, 0) is 10.0 Å². The number of halogens is 1. The maximum Gasteiger partial charge on any atom is 0.262 e. The highest BCUT2D eigenvalue weighted by atomic mass is 35.5. The van der Waals surface area contributed by atoms with Gasteiger partial charge in [0.15, 0.2) is 0 Å². The molecule has 4 aromatic rings. The molecule has 0 atom stereocenters. The van der Waals surface area contributed by atoms with E-state index in [0.717, 1.165) is 22.1 Å². The monoisotopic (exact) mass is 457 g/mol. The summed E-state index contributed by atoms with van der Waals surface area (Å²) in [4.78, 5) is 16.5. The summed E-state index contributed by atoms with van der Waals surface area (Å²) in [6, 6.07) is 15.9. The van der Waals surface area contributed by atoms with Crippen molar-refractivity contribution in [3.05, 3.63) is 76.1 Å². The standard InChI is InChI=1S/C21H16ClN3O3S2/c1-23-21(26)19-11-15(12-29-19)30(27,28)25-14-6-7-18(22)17(10-14)20-16-5-3-2-4-13(16)8-9-24-20/h2-12,25H,1H3,(H,23,26). The van der Waals surface area contributed by atoms with Crippen molar-refractivity contribution in [2.75, 3.05) is 11.8 Å². The van der Waals surface area contributed by atoms with Crippen molar-refractivity contribution in [3.8, 4) is 11.3 Å². The molecule has 2 heterocycles. The molecule has 152 valence electrons. The van der Waals surface area contributed by atoms with Gasteiger partial charge < -0.3 is 5.32 Å². The van der Waals surface area contributed by atoms with Gasteiger partial charge in [0.1, 0.15) is 0 Å². The van der Waals surface area contributed by atoms with E-state index in [1.54, 1.807) is 24.4 Å². The van der Waals surface area contributed by atoms with E-state index in [1.807, 2.05) is 30.3 Å². The van der Waals surface area contributed by atoms with Gasteiger partial charge in [-0.1, -0.05) is 35.9 Å². The number of rotatable bonds is 5. The topological polar surface area (TPSA) is 88.2 Å². The molecule has 0 unspecified atom stereocenters. The smallest absolute Gasteiger partial charge is 0.262 e. The molecule has 4 rings (SSSR count). The van der Waals surface area contributed by atoms with Gasteiger partial charge in [0, 0.05) is 35.3 Å². The Hall–Kier alpha value is -2.94. The lowest BCUT2D eigenvalue weighted by atomic mass is 10.0. The Morgan fingerprint density at radius 1 is 1.10 bits per heavy atom. The third kappa shape index (κ3) is 3.89. The number of benzene rings is 2. The molecule has 0 spiro atoms.